The summed E-state index contributed by atoms with van der Waals surface area (Å²) in [5.74, 6) is 0.971. The smallest absolute Gasteiger partial charge is 0.147 e. The standard InChI is InChI=1S/C16H23N5/c1-16(2,12-17)21-9-7-20(8-10-21)15-11-18-13-5-3-4-6-14(13)19-15/h3-6,11H,7-10,12,17H2,1-2H3. The van der Waals surface area contributed by atoms with Gasteiger partial charge in [0, 0.05) is 38.3 Å². The highest BCUT2D eigenvalue weighted by Crippen LogP contribution is 2.20. The normalized spacial score (nSPS) is 17.4. The van der Waals surface area contributed by atoms with Crippen molar-refractivity contribution in [3.63, 3.8) is 0 Å². The molecule has 112 valence electrons. The maximum absolute atomic E-state index is 5.87. The number of anilines is 1. The highest BCUT2D eigenvalue weighted by molar-refractivity contribution is 5.75. The van der Waals surface area contributed by atoms with Crippen molar-refractivity contribution < 1.29 is 0 Å². The second-order valence-corrected chi connectivity index (χ2v) is 6.21. The van der Waals surface area contributed by atoms with Gasteiger partial charge in [-0.15, -0.1) is 0 Å². The summed E-state index contributed by atoms with van der Waals surface area (Å²) in [5, 5.41) is 0. The summed E-state index contributed by atoms with van der Waals surface area (Å²) in [6, 6.07) is 8.00. The SMILES string of the molecule is CC(C)(CN)N1CCN(c2cnc3ccccc3n2)CC1. The monoisotopic (exact) mass is 285 g/mol. The zero-order chi connectivity index (χ0) is 14.9. The summed E-state index contributed by atoms with van der Waals surface area (Å²) in [5.41, 5.74) is 7.84. The molecular weight excluding hydrogens is 262 g/mol. The molecule has 0 amide bonds. The summed E-state index contributed by atoms with van der Waals surface area (Å²) in [4.78, 5) is 14.0. The molecule has 1 fully saturated rings. The fourth-order valence-corrected chi connectivity index (χ4v) is 2.77. The fraction of sp³-hybridized carbons (Fsp3) is 0.500. The molecule has 0 radical (unpaired) electrons. The van der Waals surface area contributed by atoms with E-state index < -0.39 is 0 Å². The summed E-state index contributed by atoms with van der Waals surface area (Å²) in [7, 11) is 0. The summed E-state index contributed by atoms with van der Waals surface area (Å²) in [6.07, 6.45) is 1.88. The lowest BCUT2D eigenvalue weighted by Crippen LogP contribution is -2.57. The zero-order valence-electron chi connectivity index (χ0n) is 12.8. The van der Waals surface area contributed by atoms with Crippen molar-refractivity contribution >= 4 is 16.9 Å². The Hall–Kier alpha value is -1.72. The van der Waals surface area contributed by atoms with Gasteiger partial charge in [-0.05, 0) is 26.0 Å². The largest absolute Gasteiger partial charge is 0.353 e. The molecule has 2 N–H and O–H groups in total. The van der Waals surface area contributed by atoms with E-state index in [4.69, 9.17) is 10.7 Å². The molecule has 21 heavy (non-hydrogen) atoms. The first-order chi connectivity index (χ1) is 10.1. The lowest BCUT2D eigenvalue weighted by atomic mass is 10.0. The Balaban J connectivity index is 1.73. The van der Waals surface area contributed by atoms with Crippen molar-refractivity contribution in [1.82, 2.24) is 14.9 Å². The summed E-state index contributed by atoms with van der Waals surface area (Å²) in [6.45, 7) is 9.06. The Morgan fingerprint density at radius 1 is 1.10 bits per heavy atom. The first-order valence-electron chi connectivity index (χ1n) is 7.52. The van der Waals surface area contributed by atoms with Crippen molar-refractivity contribution in [2.45, 2.75) is 19.4 Å². The van der Waals surface area contributed by atoms with Gasteiger partial charge in [-0.1, -0.05) is 12.1 Å². The van der Waals surface area contributed by atoms with E-state index in [1.807, 2.05) is 30.5 Å². The van der Waals surface area contributed by atoms with E-state index >= 15 is 0 Å². The van der Waals surface area contributed by atoms with E-state index in [1.54, 1.807) is 0 Å². The Bertz CT molecular complexity index is 617. The van der Waals surface area contributed by atoms with E-state index in [2.05, 4.69) is 28.6 Å². The van der Waals surface area contributed by atoms with Gasteiger partial charge < -0.3 is 10.6 Å². The third-order valence-electron chi connectivity index (χ3n) is 4.40. The number of rotatable bonds is 3. The molecule has 0 aliphatic carbocycles. The van der Waals surface area contributed by atoms with Crippen LogP contribution < -0.4 is 10.6 Å². The molecule has 5 nitrogen and oxygen atoms in total. The minimum absolute atomic E-state index is 0.0706. The van der Waals surface area contributed by atoms with Crippen molar-refractivity contribution in [2.24, 2.45) is 5.73 Å². The second kappa shape index (κ2) is 5.58. The van der Waals surface area contributed by atoms with E-state index in [0.717, 1.165) is 43.0 Å². The summed E-state index contributed by atoms with van der Waals surface area (Å²) < 4.78 is 0. The van der Waals surface area contributed by atoms with Crippen LogP contribution >= 0.6 is 0 Å². The number of piperazine rings is 1. The van der Waals surface area contributed by atoms with Crippen LogP contribution in [0.4, 0.5) is 5.82 Å². The van der Waals surface area contributed by atoms with Crippen molar-refractivity contribution in [3.8, 4) is 0 Å². The molecule has 3 rings (SSSR count). The van der Waals surface area contributed by atoms with E-state index in [1.165, 1.54) is 0 Å². The maximum Gasteiger partial charge on any atom is 0.147 e. The third kappa shape index (κ3) is 2.84. The lowest BCUT2D eigenvalue weighted by molar-refractivity contribution is 0.119. The molecule has 1 aromatic carbocycles. The molecule has 1 saturated heterocycles. The molecule has 1 aromatic heterocycles. The molecule has 2 aromatic rings. The van der Waals surface area contributed by atoms with Crippen molar-refractivity contribution in [2.75, 3.05) is 37.6 Å². The van der Waals surface area contributed by atoms with E-state index in [-0.39, 0.29) is 5.54 Å². The number of benzene rings is 1. The maximum atomic E-state index is 5.87. The van der Waals surface area contributed by atoms with Crippen LogP contribution in [0.15, 0.2) is 30.5 Å². The van der Waals surface area contributed by atoms with Crippen molar-refractivity contribution in [3.05, 3.63) is 30.5 Å². The molecule has 1 aliphatic rings. The van der Waals surface area contributed by atoms with Crippen LogP contribution in [0.25, 0.3) is 11.0 Å². The second-order valence-electron chi connectivity index (χ2n) is 6.21. The predicted molar refractivity (Wildman–Crippen MR) is 86.5 cm³/mol. The van der Waals surface area contributed by atoms with Crippen molar-refractivity contribution in [1.29, 1.82) is 0 Å². The van der Waals surface area contributed by atoms with Crippen LogP contribution in [-0.2, 0) is 0 Å². The number of aromatic nitrogens is 2. The predicted octanol–water partition coefficient (Wildman–Crippen LogP) is 1.49. The third-order valence-corrected chi connectivity index (χ3v) is 4.40. The van der Waals surface area contributed by atoms with Crippen LogP contribution in [0, 0.1) is 0 Å². The number of para-hydroxylation sites is 2. The number of nitrogens with two attached hydrogens (primary N) is 1. The molecule has 5 heteroatoms. The topological polar surface area (TPSA) is 58.3 Å². The Morgan fingerprint density at radius 2 is 1.76 bits per heavy atom. The van der Waals surface area contributed by atoms with Gasteiger partial charge in [-0.2, -0.15) is 0 Å². The summed E-state index contributed by atoms with van der Waals surface area (Å²) >= 11 is 0. The van der Waals surface area contributed by atoms with Crippen LogP contribution in [-0.4, -0.2) is 53.1 Å². The van der Waals surface area contributed by atoms with Gasteiger partial charge in [0.25, 0.3) is 0 Å². The minimum Gasteiger partial charge on any atom is -0.353 e. The van der Waals surface area contributed by atoms with Gasteiger partial charge in [0.2, 0.25) is 0 Å². The average Bonchev–Trinajstić information content (AvgIpc) is 2.54. The van der Waals surface area contributed by atoms with Gasteiger partial charge in [0.1, 0.15) is 5.82 Å². The molecular formula is C16H23N5. The molecule has 0 spiro atoms. The Morgan fingerprint density at radius 3 is 2.43 bits per heavy atom. The number of hydrogen-bond acceptors (Lipinski definition) is 5. The van der Waals surface area contributed by atoms with E-state index in [9.17, 15) is 0 Å². The Labute approximate surface area is 125 Å². The van der Waals surface area contributed by atoms with E-state index in [0.29, 0.717) is 6.54 Å². The molecule has 0 atom stereocenters. The Kier molecular flexibility index (Phi) is 3.78. The van der Waals surface area contributed by atoms with Gasteiger partial charge in [0.15, 0.2) is 0 Å². The first-order valence-corrected chi connectivity index (χ1v) is 7.52. The minimum atomic E-state index is 0.0706. The quantitative estimate of drug-likeness (QED) is 0.926. The highest BCUT2D eigenvalue weighted by Gasteiger charge is 2.29. The molecule has 0 saturated carbocycles. The number of fused-ring (bicyclic) bond motifs is 1. The van der Waals surface area contributed by atoms with Crippen LogP contribution in [0.3, 0.4) is 0 Å². The lowest BCUT2D eigenvalue weighted by Gasteiger charge is -2.43. The first kappa shape index (κ1) is 14.2. The number of hydrogen-bond donors (Lipinski definition) is 1. The number of nitrogens with zero attached hydrogens (tertiary/aromatic N) is 4. The van der Waals surface area contributed by atoms with Crippen LogP contribution in [0.1, 0.15) is 13.8 Å². The van der Waals surface area contributed by atoms with Gasteiger partial charge in [-0.3, -0.25) is 9.88 Å². The van der Waals surface area contributed by atoms with Gasteiger partial charge in [0.05, 0.1) is 17.2 Å². The fourth-order valence-electron chi connectivity index (χ4n) is 2.77. The molecule has 1 aliphatic heterocycles. The molecule has 0 unspecified atom stereocenters. The van der Waals surface area contributed by atoms with Gasteiger partial charge in [-0.25, -0.2) is 4.98 Å². The average molecular weight is 285 g/mol. The van der Waals surface area contributed by atoms with Gasteiger partial charge >= 0.3 is 0 Å². The highest BCUT2D eigenvalue weighted by atomic mass is 15.3. The van der Waals surface area contributed by atoms with Crippen LogP contribution in [0.5, 0.6) is 0 Å². The molecule has 2 heterocycles. The zero-order valence-corrected chi connectivity index (χ0v) is 12.8. The molecule has 0 bridgehead atoms. The van der Waals surface area contributed by atoms with Crippen LogP contribution in [0.2, 0.25) is 0 Å².